The standard InChI is InChI=1S/C21H25N5O2/c1-14-8-16(11-22-9-14)18(27)25-20-4-3-5-21(13-20,7-6-20)26-19(28)17-12-23-10-15(2)24-17/h8-12H,3-7,13H2,1-2H3,(H,25,27)(H,26,28). The van der Waals surface area contributed by atoms with E-state index in [1.54, 1.807) is 18.6 Å². The zero-order chi connectivity index (χ0) is 19.8. The number of carbonyl (C=O) groups excluding carboxylic acids is 2. The smallest absolute Gasteiger partial charge is 0.271 e. The Morgan fingerprint density at radius 2 is 1.57 bits per heavy atom. The molecule has 2 atom stereocenters. The minimum Gasteiger partial charge on any atom is -0.346 e. The number of pyridine rings is 1. The first-order valence-corrected chi connectivity index (χ1v) is 9.74. The van der Waals surface area contributed by atoms with Crippen LogP contribution < -0.4 is 10.6 Å². The van der Waals surface area contributed by atoms with Gasteiger partial charge in [-0.15, -0.1) is 0 Å². The van der Waals surface area contributed by atoms with Crippen molar-refractivity contribution in [2.24, 2.45) is 0 Å². The van der Waals surface area contributed by atoms with Crippen molar-refractivity contribution in [2.75, 3.05) is 0 Å². The maximum Gasteiger partial charge on any atom is 0.271 e. The van der Waals surface area contributed by atoms with Crippen LogP contribution in [0.3, 0.4) is 0 Å². The van der Waals surface area contributed by atoms with E-state index in [0.717, 1.165) is 44.1 Å². The van der Waals surface area contributed by atoms with Gasteiger partial charge >= 0.3 is 0 Å². The van der Waals surface area contributed by atoms with E-state index in [1.165, 1.54) is 6.20 Å². The van der Waals surface area contributed by atoms with Crippen LogP contribution in [0.5, 0.6) is 0 Å². The summed E-state index contributed by atoms with van der Waals surface area (Å²) in [5.41, 5.74) is 2.03. The highest BCUT2D eigenvalue weighted by molar-refractivity contribution is 5.95. The van der Waals surface area contributed by atoms with Crippen LogP contribution >= 0.6 is 0 Å². The van der Waals surface area contributed by atoms with Crippen LogP contribution in [-0.4, -0.2) is 37.8 Å². The van der Waals surface area contributed by atoms with E-state index >= 15 is 0 Å². The maximum absolute atomic E-state index is 12.8. The fourth-order valence-corrected chi connectivity index (χ4v) is 4.70. The fraction of sp³-hybridized carbons (Fsp3) is 0.476. The molecule has 2 aromatic rings. The average molecular weight is 379 g/mol. The molecule has 0 aliphatic heterocycles. The van der Waals surface area contributed by atoms with E-state index in [4.69, 9.17) is 0 Å². The van der Waals surface area contributed by atoms with Crippen molar-refractivity contribution in [1.29, 1.82) is 0 Å². The molecule has 2 aromatic heterocycles. The van der Waals surface area contributed by atoms with E-state index in [2.05, 4.69) is 25.6 Å². The van der Waals surface area contributed by atoms with Crippen LogP contribution in [0.15, 0.2) is 30.9 Å². The molecule has 146 valence electrons. The van der Waals surface area contributed by atoms with Gasteiger partial charge in [0.05, 0.1) is 17.5 Å². The van der Waals surface area contributed by atoms with E-state index in [0.29, 0.717) is 17.0 Å². The number of amides is 2. The van der Waals surface area contributed by atoms with Crippen molar-refractivity contribution in [3.63, 3.8) is 0 Å². The van der Waals surface area contributed by atoms with Crippen molar-refractivity contribution < 1.29 is 9.59 Å². The van der Waals surface area contributed by atoms with E-state index in [-0.39, 0.29) is 22.9 Å². The number of hydrogen-bond donors (Lipinski definition) is 2. The molecule has 0 saturated heterocycles. The predicted octanol–water partition coefficient (Wildman–Crippen LogP) is 2.49. The number of nitrogens with zero attached hydrogens (tertiary/aromatic N) is 3. The molecule has 7 heteroatoms. The monoisotopic (exact) mass is 379 g/mol. The number of aryl methyl sites for hydroxylation is 2. The molecule has 7 nitrogen and oxygen atoms in total. The molecule has 2 heterocycles. The van der Waals surface area contributed by atoms with Crippen LogP contribution in [0.4, 0.5) is 0 Å². The van der Waals surface area contributed by atoms with Gasteiger partial charge in [0.2, 0.25) is 0 Å². The van der Waals surface area contributed by atoms with E-state index in [9.17, 15) is 9.59 Å². The Bertz CT molecular complexity index is 857. The quantitative estimate of drug-likeness (QED) is 0.851. The van der Waals surface area contributed by atoms with Gasteiger partial charge in [0.25, 0.3) is 11.8 Å². The zero-order valence-electron chi connectivity index (χ0n) is 16.3. The molecule has 2 fully saturated rings. The number of carbonyl (C=O) groups is 2. The summed E-state index contributed by atoms with van der Waals surface area (Å²) in [6.45, 7) is 3.74. The molecule has 2 bridgehead atoms. The lowest BCUT2D eigenvalue weighted by molar-refractivity contribution is 0.0829. The second-order valence-electron chi connectivity index (χ2n) is 8.30. The second kappa shape index (κ2) is 6.96. The van der Waals surface area contributed by atoms with Crippen LogP contribution in [0.2, 0.25) is 0 Å². The highest BCUT2D eigenvalue weighted by Crippen LogP contribution is 2.48. The Balaban J connectivity index is 1.48. The second-order valence-corrected chi connectivity index (χ2v) is 8.30. The third kappa shape index (κ3) is 3.61. The molecule has 2 amide bonds. The van der Waals surface area contributed by atoms with Gasteiger partial charge in [-0.2, -0.15) is 0 Å². The van der Waals surface area contributed by atoms with Crippen molar-refractivity contribution >= 4 is 11.8 Å². The first-order valence-electron chi connectivity index (χ1n) is 9.74. The van der Waals surface area contributed by atoms with Crippen molar-refractivity contribution in [1.82, 2.24) is 25.6 Å². The molecule has 28 heavy (non-hydrogen) atoms. The number of aromatic nitrogens is 3. The molecule has 2 aliphatic carbocycles. The third-order valence-corrected chi connectivity index (χ3v) is 5.95. The summed E-state index contributed by atoms with van der Waals surface area (Å²) in [5, 5.41) is 6.46. The topological polar surface area (TPSA) is 96.9 Å². The number of rotatable bonds is 4. The average Bonchev–Trinajstić information content (AvgIpc) is 2.91. The lowest BCUT2D eigenvalue weighted by Crippen LogP contribution is -2.55. The largest absolute Gasteiger partial charge is 0.346 e. The fourth-order valence-electron chi connectivity index (χ4n) is 4.70. The molecular formula is C21H25N5O2. The normalized spacial score (nSPS) is 25.9. The SMILES string of the molecule is Cc1cncc(C(=O)NC23CCCC(NC(=O)c4cncc(C)n4)(CC2)C3)c1. The van der Waals surface area contributed by atoms with Gasteiger partial charge in [-0.1, -0.05) is 0 Å². The highest BCUT2D eigenvalue weighted by atomic mass is 16.2. The summed E-state index contributed by atoms with van der Waals surface area (Å²) >= 11 is 0. The number of hydrogen-bond acceptors (Lipinski definition) is 5. The number of nitrogens with one attached hydrogen (secondary N) is 2. The summed E-state index contributed by atoms with van der Waals surface area (Å²) < 4.78 is 0. The first-order chi connectivity index (χ1) is 13.4. The summed E-state index contributed by atoms with van der Waals surface area (Å²) in [6, 6.07) is 1.85. The van der Waals surface area contributed by atoms with Crippen LogP contribution in [-0.2, 0) is 0 Å². The Hall–Kier alpha value is -2.83. The van der Waals surface area contributed by atoms with Gasteiger partial charge in [-0.25, -0.2) is 4.98 Å². The first kappa shape index (κ1) is 18.5. The van der Waals surface area contributed by atoms with Crippen molar-refractivity contribution in [3.05, 3.63) is 53.4 Å². The summed E-state index contributed by atoms with van der Waals surface area (Å²) in [7, 11) is 0. The molecule has 2 aliphatic rings. The van der Waals surface area contributed by atoms with Gasteiger partial charge in [0.1, 0.15) is 5.69 Å². The lowest BCUT2D eigenvalue weighted by Gasteiger charge is -2.40. The molecule has 0 radical (unpaired) electrons. The number of fused-ring (bicyclic) bond motifs is 2. The maximum atomic E-state index is 12.8. The van der Waals surface area contributed by atoms with Crippen LogP contribution in [0.25, 0.3) is 0 Å². The van der Waals surface area contributed by atoms with Crippen molar-refractivity contribution in [2.45, 2.75) is 63.5 Å². The molecule has 4 rings (SSSR count). The molecule has 0 spiro atoms. The van der Waals surface area contributed by atoms with Gasteiger partial charge < -0.3 is 10.6 Å². The van der Waals surface area contributed by atoms with Gasteiger partial charge in [0.15, 0.2) is 0 Å². The zero-order valence-corrected chi connectivity index (χ0v) is 16.3. The summed E-state index contributed by atoms with van der Waals surface area (Å²) in [5.74, 6) is -0.284. The van der Waals surface area contributed by atoms with E-state index in [1.807, 2.05) is 19.9 Å². The van der Waals surface area contributed by atoms with Gasteiger partial charge in [-0.3, -0.25) is 19.6 Å². The molecule has 0 aromatic carbocycles. The highest BCUT2D eigenvalue weighted by Gasteiger charge is 2.52. The minimum atomic E-state index is -0.293. The lowest BCUT2D eigenvalue weighted by atomic mass is 9.78. The van der Waals surface area contributed by atoms with Crippen molar-refractivity contribution in [3.8, 4) is 0 Å². The Morgan fingerprint density at radius 3 is 2.25 bits per heavy atom. The third-order valence-electron chi connectivity index (χ3n) is 5.95. The van der Waals surface area contributed by atoms with Gasteiger partial charge in [-0.05, 0) is 64.0 Å². The molecule has 2 unspecified atom stereocenters. The Kier molecular flexibility index (Phi) is 4.61. The van der Waals surface area contributed by atoms with Crippen LogP contribution in [0.1, 0.15) is 70.6 Å². The predicted molar refractivity (Wildman–Crippen MR) is 104 cm³/mol. The Labute approximate surface area is 164 Å². The van der Waals surface area contributed by atoms with Crippen LogP contribution in [0, 0.1) is 13.8 Å². The van der Waals surface area contributed by atoms with E-state index < -0.39 is 0 Å². The molecular weight excluding hydrogens is 354 g/mol. The Morgan fingerprint density at radius 1 is 0.893 bits per heavy atom. The summed E-state index contributed by atoms with van der Waals surface area (Å²) in [6.07, 6.45) is 11.7. The minimum absolute atomic E-state index is 0.0928. The molecule has 2 N–H and O–H groups in total. The van der Waals surface area contributed by atoms with Gasteiger partial charge in [0, 0.05) is 29.7 Å². The molecule has 2 saturated carbocycles. The summed E-state index contributed by atoms with van der Waals surface area (Å²) in [4.78, 5) is 38.0.